The Morgan fingerprint density at radius 2 is 2.04 bits per heavy atom. The van der Waals surface area contributed by atoms with Gasteiger partial charge in [0.05, 0.1) is 0 Å². The highest BCUT2D eigenvalue weighted by molar-refractivity contribution is 5.95. The zero-order chi connectivity index (χ0) is 18.0. The zero-order valence-electron chi connectivity index (χ0n) is 15.2. The fourth-order valence-electron chi connectivity index (χ4n) is 4.35. The van der Waals surface area contributed by atoms with E-state index in [1.807, 2.05) is 29.2 Å². The molecule has 140 valence electrons. The first-order valence-corrected chi connectivity index (χ1v) is 9.67. The first-order chi connectivity index (χ1) is 12.7. The predicted octanol–water partition coefficient (Wildman–Crippen LogP) is 1.79. The number of carbonyl (C=O) groups is 2. The number of piperidine rings is 1. The van der Waals surface area contributed by atoms with E-state index in [4.69, 9.17) is 4.74 Å². The Hall–Kier alpha value is -2.08. The van der Waals surface area contributed by atoms with Gasteiger partial charge in [0, 0.05) is 44.4 Å². The van der Waals surface area contributed by atoms with Crippen molar-refractivity contribution in [3.05, 3.63) is 24.3 Å². The second kappa shape index (κ2) is 7.27. The Bertz CT molecular complexity index is 675. The van der Waals surface area contributed by atoms with Gasteiger partial charge in [0.25, 0.3) is 5.91 Å². The molecule has 1 aromatic carbocycles. The number of likely N-dealkylation sites (tertiary alicyclic amines) is 1. The lowest BCUT2D eigenvalue weighted by molar-refractivity contribution is -0.135. The molecule has 0 aliphatic carbocycles. The smallest absolute Gasteiger partial charge is 0.260 e. The summed E-state index contributed by atoms with van der Waals surface area (Å²) < 4.78 is 5.73. The number of hydrogen-bond donors (Lipinski definition) is 1. The van der Waals surface area contributed by atoms with E-state index in [9.17, 15) is 9.59 Å². The van der Waals surface area contributed by atoms with E-state index in [1.54, 1.807) is 4.90 Å². The Morgan fingerprint density at radius 3 is 2.73 bits per heavy atom. The number of amides is 2. The molecule has 0 aromatic heterocycles. The van der Waals surface area contributed by atoms with Gasteiger partial charge in [-0.2, -0.15) is 0 Å². The molecule has 0 saturated carbocycles. The van der Waals surface area contributed by atoms with Gasteiger partial charge in [-0.15, -0.1) is 0 Å². The summed E-state index contributed by atoms with van der Waals surface area (Å²) in [4.78, 5) is 28.1. The molecule has 3 aliphatic rings. The largest absolute Gasteiger partial charge is 0.484 e. The summed E-state index contributed by atoms with van der Waals surface area (Å²) in [5, 5.41) is 3.45. The van der Waals surface area contributed by atoms with Crippen molar-refractivity contribution in [3.63, 3.8) is 0 Å². The molecule has 3 saturated heterocycles. The van der Waals surface area contributed by atoms with Crippen LogP contribution in [0.5, 0.6) is 5.75 Å². The van der Waals surface area contributed by atoms with Gasteiger partial charge in [0.15, 0.2) is 6.61 Å². The molecule has 3 aliphatic heterocycles. The highest BCUT2D eigenvalue weighted by Gasteiger charge is 2.38. The molecular formula is C20H27N3O3. The van der Waals surface area contributed by atoms with Crippen LogP contribution in [0, 0.1) is 5.41 Å². The number of ether oxygens (including phenoxy) is 1. The molecule has 3 fully saturated rings. The van der Waals surface area contributed by atoms with Gasteiger partial charge < -0.3 is 19.9 Å². The van der Waals surface area contributed by atoms with Crippen LogP contribution in [0.3, 0.4) is 0 Å². The maximum absolute atomic E-state index is 12.5. The quantitative estimate of drug-likeness (QED) is 0.893. The van der Waals surface area contributed by atoms with Gasteiger partial charge >= 0.3 is 0 Å². The van der Waals surface area contributed by atoms with Crippen LogP contribution in [-0.4, -0.2) is 56.0 Å². The average Bonchev–Trinajstić information content (AvgIpc) is 3.30. The minimum absolute atomic E-state index is 0.0495. The standard InChI is InChI=1S/C20H27N3O3/c24-18-5-2-10-23(18)16-3-1-4-17(13-16)26-14-19(25)22-11-7-20(8-12-22)6-9-21-15-20/h1,3-4,13,21H,2,5-12,14-15H2. The molecule has 0 bridgehead atoms. The van der Waals surface area contributed by atoms with Gasteiger partial charge in [-0.25, -0.2) is 0 Å². The minimum atomic E-state index is 0.0495. The lowest BCUT2D eigenvalue weighted by atomic mass is 9.78. The summed E-state index contributed by atoms with van der Waals surface area (Å²) in [6, 6.07) is 7.48. The van der Waals surface area contributed by atoms with E-state index < -0.39 is 0 Å². The first-order valence-electron chi connectivity index (χ1n) is 9.67. The maximum Gasteiger partial charge on any atom is 0.260 e. The molecule has 26 heavy (non-hydrogen) atoms. The van der Waals surface area contributed by atoms with E-state index in [0.29, 0.717) is 17.6 Å². The number of rotatable bonds is 4. The van der Waals surface area contributed by atoms with Crippen LogP contribution < -0.4 is 15.0 Å². The summed E-state index contributed by atoms with van der Waals surface area (Å²) in [6.45, 7) is 4.66. The van der Waals surface area contributed by atoms with Crippen molar-refractivity contribution in [2.45, 2.75) is 32.1 Å². The van der Waals surface area contributed by atoms with Crippen LogP contribution in [0.2, 0.25) is 0 Å². The summed E-state index contributed by atoms with van der Waals surface area (Å²) in [5.74, 6) is 0.847. The second-order valence-corrected chi connectivity index (χ2v) is 7.74. The van der Waals surface area contributed by atoms with E-state index in [-0.39, 0.29) is 18.4 Å². The minimum Gasteiger partial charge on any atom is -0.484 e. The van der Waals surface area contributed by atoms with Crippen molar-refractivity contribution < 1.29 is 14.3 Å². The molecule has 1 aromatic rings. The van der Waals surface area contributed by atoms with Gasteiger partial charge in [-0.05, 0) is 49.8 Å². The second-order valence-electron chi connectivity index (χ2n) is 7.74. The molecule has 1 spiro atoms. The molecule has 0 radical (unpaired) electrons. The Balaban J connectivity index is 1.30. The van der Waals surface area contributed by atoms with Crippen LogP contribution in [-0.2, 0) is 9.59 Å². The maximum atomic E-state index is 12.5. The number of anilines is 1. The van der Waals surface area contributed by atoms with E-state index in [0.717, 1.165) is 57.7 Å². The van der Waals surface area contributed by atoms with Crippen molar-refractivity contribution in [1.29, 1.82) is 0 Å². The fraction of sp³-hybridized carbons (Fsp3) is 0.600. The normalized spacial score (nSPS) is 22.2. The molecule has 1 N–H and O–H groups in total. The van der Waals surface area contributed by atoms with Crippen molar-refractivity contribution >= 4 is 17.5 Å². The van der Waals surface area contributed by atoms with Crippen LogP contribution in [0.15, 0.2) is 24.3 Å². The van der Waals surface area contributed by atoms with Gasteiger partial charge in [-0.1, -0.05) is 6.07 Å². The Kier molecular flexibility index (Phi) is 4.85. The molecule has 3 heterocycles. The molecule has 6 heteroatoms. The highest BCUT2D eigenvalue weighted by atomic mass is 16.5. The topological polar surface area (TPSA) is 61.9 Å². The number of benzene rings is 1. The molecule has 0 atom stereocenters. The SMILES string of the molecule is O=C(COc1cccc(N2CCCC2=O)c1)N1CCC2(CCNC2)CC1. The highest BCUT2D eigenvalue weighted by Crippen LogP contribution is 2.36. The van der Waals surface area contributed by atoms with Crippen molar-refractivity contribution in [3.8, 4) is 5.75 Å². The summed E-state index contributed by atoms with van der Waals surface area (Å²) in [5.41, 5.74) is 1.26. The third kappa shape index (κ3) is 3.56. The number of hydrogen-bond acceptors (Lipinski definition) is 4. The first kappa shape index (κ1) is 17.3. The van der Waals surface area contributed by atoms with Crippen LogP contribution >= 0.6 is 0 Å². The van der Waals surface area contributed by atoms with Gasteiger partial charge in [0.2, 0.25) is 5.91 Å². The molecular weight excluding hydrogens is 330 g/mol. The van der Waals surface area contributed by atoms with Crippen LogP contribution in [0.4, 0.5) is 5.69 Å². The van der Waals surface area contributed by atoms with E-state index in [2.05, 4.69) is 5.32 Å². The lowest BCUT2D eigenvalue weighted by Crippen LogP contribution is -2.45. The van der Waals surface area contributed by atoms with Gasteiger partial charge in [0.1, 0.15) is 5.75 Å². The van der Waals surface area contributed by atoms with Crippen LogP contribution in [0.1, 0.15) is 32.1 Å². The Morgan fingerprint density at radius 1 is 1.19 bits per heavy atom. The Labute approximate surface area is 154 Å². The van der Waals surface area contributed by atoms with Crippen LogP contribution in [0.25, 0.3) is 0 Å². The van der Waals surface area contributed by atoms with Crippen molar-refractivity contribution in [2.24, 2.45) is 5.41 Å². The number of nitrogens with zero attached hydrogens (tertiary/aromatic N) is 2. The lowest BCUT2D eigenvalue weighted by Gasteiger charge is -2.38. The van der Waals surface area contributed by atoms with Crippen molar-refractivity contribution in [1.82, 2.24) is 10.2 Å². The molecule has 4 rings (SSSR count). The summed E-state index contributed by atoms with van der Waals surface area (Å²) >= 11 is 0. The third-order valence-electron chi connectivity index (χ3n) is 6.07. The molecule has 2 amide bonds. The van der Waals surface area contributed by atoms with E-state index >= 15 is 0 Å². The average molecular weight is 357 g/mol. The predicted molar refractivity (Wildman–Crippen MR) is 99.3 cm³/mol. The number of carbonyl (C=O) groups excluding carboxylic acids is 2. The summed E-state index contributed by atoms with van der Waals surface area (Å²) in [7, 11) is 0. The van der Waals surface area contributed by atoms with Gasteiger partial charge in [-0.3, -0.25) is 9.59 Å². The van der Waals surface area contributed by atoms with Crippen molar-refractivity contribution in [2.75, 3.05) is 44.2 Å². The summed E-state index contributed by atoms with van der Waals surface area (Å²) in [6.07, 6.45) is 4.90. The monoisotopic (exact) mass is 357 g/mol. The fourth-order valence-corrected chi connectivity index (χ4v) is 4.35. The number of nitrogens with one attached hydrogen (secondary N) is 1. The third-order valence-corrected chi connectivity index (χ3v) is 6.07. The zero-order valence-corrected chi connectivity index (χ0v) is 15.2. The molecule has 0 unspecified atom stereocenters. The molecule has 6 nitrogen and oxygen atoms in total. The van der Waals surface area contributed by atoms with E-state index in [1.165, 1.54) is 6.42 Å².